The van der Waals surface area contributed by atoms with E-state index in [-0.39, 0.29) is 71.3 Å². The van der Waals surface area contributed by atoms with Crippen LogP contribution in [0.1, 0.15) is 13.3 Å². The molecule has 1 fully saturated rings. The van der Waals surface area contributed by atoms with Gasteiger partial charge in [-0.3, -0.25) is 4.52 Å². The molecule has 0 saturated carbocycles. The number of phosphoric acid groups is 2. The van der Waals surface area contributed by atoms with Crippen LogP contribution in [0.2, 0.25) is 0 Å². The van der Waals surface area contributed by atoms with E-state index in [4.69, 9.17) is 19.4 Å². The quantitative estimate of drug-likeness (QED) is 0.345. The third-order valence-corrected chi connectivity index (χ3v) is 3.92. The standard InChI is InChI=1S/C5H12O8P2.2Na/c1-5(4-11-5)2-3-12-15(9,10)13-14(6,7)8;;/h2-4H2,1H3,(H,9,10)(H2,6,7,8);;. The van der Waals surface area contributed by atoms with E-state index in [1.165, 1.54) is 0 Å². The van der Waals surface area contributed by atoms with Crippen molar-refractivity contribution in [2.45, 2.75) is 18.9 Å². The molecule has 0 aliphatic carbocycles. The Kier molecular flexibility index (Phi) is 9.95. The Balaban J connectivity index is 0. The molecule has 12 heteroatoms. The third kappa shape index (κ3) is 10.6. The molecule has 92 valence electrons. The van der Waals surface area contributed by atoms with Gasteiger partial charge in [0.25, 0.3) is 0 Å². The molecule has 1 aliphatic heterocycles. The molecule has 0 spiro atoms. The zero-order chi connectivity index (χ0) is 11.7. The first kappa shape index (κ1) is 21.5. The number of rotatable bonds is 6. The smallest absolute Gasteiger partial charge is 0.370 e. The summed E-state index contributed by atoms with van der Waals surface area (Å²) in [7, 11) is -9.71. The summed E-state index contributed by atoms with van der Waals surface area (Å²) in [4.78, 5) is 25.4. The van der Waals surface area contributed by atoms with E-state index in [2.05, 4.69) is 8.83 Å². The topological polar surface area (TPSA) is 126 Å². The monoisotopic (exact) mass is 308 g/mol. The molecule has 1 aliphatic rings. The van der Waals surface area contributed by atoms with Crippen LogP contribution in [0, 0.1) is 0 Å². The molecule has 3 N–H and O–H groups in total. The summed E-state index contributed by atoms with van der Waals surface area (Å²) in [6.45, 7) is 2.14. The molecule has 8 nitrogen and oxygen atoms in total. The average Bonchev–Trinajstić information content (AvgIpc) is 2.61. The molecular weight excluding hydrogens is 296 g/mol. The van der Waals surface area contributed by atoms with E-state index >= 15 is 0 Å². The van der Waals surface area contributed by atoms with Crippen molar-refractivity contribution in [1.82, 2.24) is 0 Å². The molecule has 2 unspecified atom stereocenters. The van der Waals surface area contributed by atoms with Gasteiger partial charge in [0.05, 0.1) is 18.8 Å². The summed E-state index contributed by atoms with van der Waals surface area (Å²) in [5.41, 5.74) is -0.359. The Morgan fingerprint density at radius 3 is 2.12 bits per heavy atom. The largest absolute Gasteiger partial charge is 0.481 e. The van der Waals surface area contributed by atoms with Crippen molar-refractivity contribution in [2.24, 2.45) is 0 Å². The second kappa shape index (κ2) is 7.86. The van der Waals surface area contributed by atoms with Crippen molar-refractivity contribution >= 4 is 74.8 Å². The number of hydrogen-bond acceptors (Lipinski definition) is 5. The Morgan fingerprint density at radius 2 is 1.76 bits per heavy atom. The predicted octanol–water partition coefficient (Wildman–Crippen LogP) is -0.370. The van der Waals surface area contributed by atoms with Crippen LogP contribution >= 0.6 is 15.6 Å². The fraction of sp³-hybridized carbons (Fsp3) is 1.00. The van der Waals surface area contributed by atoms with Crippen LogP contribution in [-0.2, 0) is 22.7 Å². The molecule has 2 atom stereocenters. The van der Waals surface area contributed by atoms with E-state index in [9.17, 15) is 9.13 Å². The Hall–Kier alpha value is 2.22. The van der Waals surface area contributed by atoms with Gasteiger partial charge in [0.2, 0.25) is 0 Å². The first-order chi connectivity index (χ1) is 6.62. The fourth-order valence-corrected chi connectivity index (χ4v) is 2.39. The summed E-state index contributed by atoms with van der Waals surface area (Å²) in [6, 6.07) is 0. The van der Waals surface area contributed by atoms with E-state index in [0.29, 0.717) is 13.0 Å². The van der Waals surface area contributed by atoms with Crippen molar-refractivity contribution in [1.29, 1.82) is 0 Å². The number of epoxide rings is 1. The zero-order valence-corrected chi connectivity index (χ0v) is 15.7. The molecular formula is C5H12Na2O8P2. The molecule has 1 rings (SSSR count). The summed E-state index contributed by atoms with van der Waals surface area (Å²) in [5, 5.41) is 0. The Bertz CT molecular complexity index is 326. The van der Waals surface area contributed by atoms with Crippen LogP contribution in [0.25, 0.3) is 0 Å². The maximum Gasteiger partial charge on any atom is 0.481 e. The molecule has 0 bridgehead atoms. The Morgan fingerprint density at radius 1 is 1.29 bits per heavy atom. The van der Waals surface area contributed by atoms with Gasteiger partial charge in [-0.05, 0) is 6.92 Å². The minimum Gasteiger partial charge on any atom is -0.370 e. The van der Waals surface area contributed by atoms with Gasteiger partial charge in [-0.1, -0.05) is 0 Å². The van der Waals surface area contributed by atoms with E-state index < -0.39 is 15.6 Å². The summed E-state index contributed by atoms with van der Waals surface area (Å²) in [6.07, 6.45) is 0.349. The van der Waals surface area contributed by atoms with Gasteiger partial charge in [0.15, 0.2) is 0 Å². The fourth-order valence-electron chi connectivity index (χ4n) is 0.802. The molecule has 1 saturated heterocycles. The molecule has 0 aromatic heterocycles. The number of hydrogen-bond donors (Lipinski definition) is 3. The van der Waals surface area contributed by atoms with Crippen molar-refractivity contribution in [3.8, 4) is 0 Å². The predicted molar refractivity (Wildman–Crippen MR) is 59.4 cm³/mol. The van der Waals surface area contributed by atoms with Crippen molar-refractivity contribution in [3.63, 3.8) is 0 Å². The van der Waals surface area contributed by atoms with Crippen LogP contribution in [0.15, 0.2) is 0 Å². The molecule has 17 heavy (non-hydrogen) atoms. The zero-order valence-electron chi connectivity index (χ0n) is 9.90. The first-order valence-electron chi connectivity index (χ1n) is 4.00. The van der Waals surface area contributed by atoms with E-state index in [1.807, 2.05) is 0 Å². The van der Waals surface area contributed by atoms with Crippen LogP contribution in [0.4, 0.5) is 0 Å². The minimum absolute atomic E-state index is 0. The number of ether oxygens (including phenoxy) is 1. The van der Waals surface area contributed by atoms with Crippen LogP contribution < -0.4 is 0 Å². The van der Waals surface area contributed by atoms with Gasteiger partial charge in [-0.15, -0.1) is 0 Å². The summed E-state index contributed by atoms with van der Waals surface area (Å²) < 4.78 is 34.0. The maximum atomic E-state index is 10.9. The molecule has 1 heterocycles. The minimum atomic E-state index is -5.02. The van der Waals surface area contributed by atoms with Gasteiger partial charge in [-0.2, -0.15) is 4.31 Å². The van der Waals surface area contributed by atoms with Gasteiger partial charge in [0.1, 0.15) is 0 Å². The third-order valence-electron chi connectivity index (χ3n) is 1.73. The molecule has 0 aromatic carbocycles. The second-order valence-electron chi connectivity index (χ2n) is 3.36. The summed E-state index contributed by atoms with van der Waals surface area (Å²) in [5.74, 6) is 0. The van der Waals surface area contributed by atoms with Crippen molar-refractivity contribution in [2.75, 3.05) is 13.2 Å². The normalized spacial score (nSPS) is 26.4. The number of phosphoric ester groups is 1. The van der Waals surface area contributed by atoms with Crippen molar-refractivity contribution < 1.29 is 37.4 Å². The molecule has 0 aromatic rings. The van der Waals surface area contributed by atoms with E-state index in [1.54, 1.807) is 6.92 Å². The second-order valence-corrected chi connectivity index (χ2v) is 6.19. The van der Waals surface area contributed by atoms with Gasteiger partial charge < -0.3 is 19.4 Å². The molecule has 2 radical (unpaired) electrons. The van der Waals surface area contributed by atoms with Crippen LogP contribution in [0.3, 0.4) is 0 Å². The maximum absolute atomic E-state index is 10.9. The van der Waals surface area contributed by atoms with Crippen molar-refractivity contribution in [3.05, 3.63) is 0 Å². The molecule has 0 amide bonds. The van der Waals surface area contributed by atoms with Gasteiger partial charge in [0, 0.05) is 65.5 Å². The summed E-state index contributed by atoms with van der Waals surface area (Å²) >= 11 is 0. The van der Waals surface area contributed by atoms with Gasteiger partial charge >= 0.3 is 15.6 Å². The average molecular weight is 308 g/mol. The Labute approximate surface area is 143 Å². The SMILES string of the molecule is CC1(CCOP(=O)(O)OP(=O)(O)O)CO1.[Na].[Na]. The van der Waals surface area contributed by atoms with Gasteiger partial charge in [-0.25, -0.2) is 9.13 Å². The van der Waals surface area contributed by atoms with Crippen LogP contribution in [-0.4, -0.2) is 92.6 Å². The van der Waals surface area contributed by atoms with Crippen LogP contribution in [0.5, 0.6) is 0 Å². The first-order valence-corrected chi connectivity index (χ1v) is 7.03. The van der Waals surface area contributed by atoms with E-state index in [0.717, 1.165) is 0 Å².